The van der Waals surface area contributed by atoms with E-state index in [1.165, 1.54) is 0 Å². The molecule has 124 valence electrons. The van der Waals surface area contributed by atoms with Gasteiger partial charge in [-0.3, -0.25) is 0 Å². The van der Waals surface area contributed by atoms with Gasteiger partial charge in [-0.1, -0.05) is 12.1 Å². The minimum Gasteiger partial charge on any atom is -0.508 e. The molecular weight excluding hydrogens is 409 g/mol. The molecule has 2 aromatic carbocycles. The van der Waals surface area contributed by atoms with Gasteiger partial charge in [0.15, 0.2) is 5.96 Å². The van der Waals surface area contributed by atoms with Gasteiger partial charge >= 0.3 is 0 Å². The number of benzene rings is 2. The number of phenols is 1. The van der Waals surface area contributed by atoms with Gasteiger partial charge < -0.3 is 25.6 Å². The molecule has 0 aromatic heterocycles. The lowest BCUT2D eigenvalue weighted by molar-refractivity contribution is 0.405. The van der Waals surface area contributed by atoms with E-state index in [1.807, 2.05) is 0 Å². The number of methoxy groups -OCH3 is 2. The van der Waals surface area contributed by atoms with Crippen molar-refractivity contribution in [3.05, 3.63) is 48.0 Å². The van der Waals surface area contributed by atoms with Gasteiger partial charge in [0, 0.05) is 6.07 Å². The zero-order valence-electron chi connectivity index (χ0n) is 12.9. The first kappa shape index (κ1) is 18.9. The van der Waals surface area contributed by atoms with E-state index in [4.69, 9.17) is 15.2 Å². The minimum atomic E-state index is 0. The summed E-state index contributed by atoms with van der Waals surface area (Å²) in [6, 6.07) is 12.2. The van der Waals surface area contributed by atoms with Crippen LogP contribution in [0.2, 0.25) is 0 Å². The van der Waals surface area contributed by atoms with E-state index in [0.717, 1.165) is 5.56 Å². The Kier molecular flexibility index (Phi) is 7.46. The lowest BCUT2D eigenvalue weighted by atomic mass is 10.2. The molecule has 0 spiro atoms. The summed E-state index contributed by atoms with van der Waals surface area (Å²) in [5, 5.41) is 12.2. The Bertz CT molecular complexity index is 660. The highest BCUT2D eigenvalue weighted by molar-refractivity contribution is 14.0. The molecule has 0 bridgehead atoms. The van der Waals surface area contributed by atoms with Crippen LogP contribution >= 0.6 is 24.0 Å². The molecule has 0 heterocycles. The summed E-state index contributed by atoms with van der Waals surface area (Å²) >= 11 is 0. The fourth-order valence-electron chi connectivity index (χ4n) is 1.87. The van der Waals surface area contributed by atoms with Crippen LogP contribution in [0, 0.1) is 0 Å². The van der Waals surface area contributed by atoms with Crippen molar-refractivity contribution >= 4 is 35.6 Å². The van der Waals surface area contributed by atoms with Crippen molar-refractivity contribution in [2.45, 2.75) is 6.54 Å². The number of nitrogens with two attached hydrogens (primary N) is 1. The smallest absolute Gasteiger partial charge is 0.193 e. The first-order chi connectivity index (χ1) is 10.6. The second kappa shape index (κ2) is 9.09. The standard InChI is InChI=1S/C16H19N3O3.HI/c1-21-13-7-8-15(22-2)14(9-13)19-16(17)18-10-11-3-5-12(20)6-4-11;/h3-9,20H,10H2,1-2H3,(H3,17,18,19);1H. The predicted octanol–water partition coefficient (Wildman–Crippen LogP) is 2.95. The summed E-state index contributed by atoms with van der Waals surface area (Å²) in [5.74, 6) is 1.82. The fourth-order valence-corrected chi connectivity index (χ4v) is 1.87. The summed E-state index contributed by atoms with van der Waals surface area (Å²) in [6.07, 6.45) is 0. The largest absolute Gasteiger partial charge is 0.508 e. The molecule has 0 aliphatic carbocycles. The number of aliphatic imine (C=N–C) groups is 1. The first-order valence-electron chi connectivity index (χ1n) is 6.69. The Balaban J connectivity index is 0.00000264. The molecule has 7 heteroatoms. The van der Waals surface area contributed by atoms with Crippen molar-refractivity contribution < 1.29 is 14.6 Å². The molecule has 0 saturated carbocycles. The van der Waals surface area contributed by atoms with Crippen molar-refractivity contribution in [1.29, 1.82) is 0 Å². The van der Waals surface area contributed by atoms with Crippen molar-refractivity contribution in [2.24, 2.45) is 10.7 Å². The molecule has 23 heavy (non-hydrogen) atoms. The number of nitrogens with zero attached hydrogens (tertiary/aromatic N) is 1. The van der Waals surface area contributed by atoms with Crippen molar-refractivity contribution in [2.75, 3.05) is 19.5 Å². The second-order valence-corrected chi connectivity index (χ2v) is 4.56. The number of nitrogens with one attached hydrogen (secondary N) is 1. The Hall–Kier alpha value is -2.16. The molecule has 2 aromatic rings. The third kappa shape index (κ3) is 5.51. The maximum absolute atomic E-state index is 9.24. The summed E-state index contributed by atoms with van der Waals surface area (Å²) in [5.41, 5.74) is 7.51. The van der Waals surface area contributed by atoms with Crippen LogP contribution in [0.5, 0.6) is 17.2 Å². The van der Waals surface area contributed by atoms with Crippen LogP contribution in [0.15, 0.2) is 47.5 Å². The van der Waals surface area contributed by atoms with Crippen LogP contribution in [-0.4, -0.2) is 25.3 Å². The van der Waals surface area contributed by atoms with E-state index in [9.17, 15) is 5.11 Å². The third-order valence-corrected chi connectivity index (χ3v) is 3.04. The average Bonchev–Trinajstić information content (AvgIpc) is 2.54. The van der Waals surface area contributed by atoms with Crippen LogP contribution in [-0.2, 0) is 6.54 Å². The molecular formula is C16H20IN3O3. The van der Waals surface area contributed by atoms with E-state index in [0.29, 0.717) is 23.7 Å². The number of anilines is 1. The maximum atomic E-state index is 9.24. The maximum Gasteiger partial charge on any atom is 0.193 e. The quantitative estimate of drug-likeness (QED) is 0.387. The number of aromatic hydroxyl groups is 1. The van der Waals surface area contributed by atoms with Crippen LogP contribution in [0.4, 0.5) is 5.69 Å². The highest BCUT2D eigenvalue weighted by atomic mass is 127. The molecule has 0 aliphatic rings. The molecule has 6 nitrogen and oxygen atoms in total. The summed E-state index contributed by atoms with van der Waals surface area (Å²) in [7, 11) is 3.17. The number of phenolic OH excluding ortho intramolecular Hbond substituents is 1. The molecule has 4 N–H and O–H groups in total. The highest BCUT2D eigenvalue weighted by Gasteiger charge is 2.06. The summed E-state index contributed by atoms with van der Waals surface area (Å²) in [4.78, 5) is 4.26. The van der Waals surface area contributed by atoms with Crippen molar-refractivity contribution in [3.63, 3.8) is 0 Å². The first-order valence-corrected chi connectivity index (χ1v) is 6.69. The van der Waals surface area contributed by atoms with Gasteiger partial charge in [0.2, 0.25) is 0 Å². The molecule has 2 rings (SSSR count). The number of ether oxygens (including phenoxy) is 2. The zero-order valence-corrected chi connectivity index (χ0v) is 15.3. The molecule has 0 saturated heterocycles. The lowest BCUT2D eigenvalue weighted by Crippen LogP contribution is -2.23. The van der Waals surface area contributed by atoms with Crippen molar-refractivity contribution in [3.8, 4) is 17.2 Å². The van der Waals surface area contributed by atoms with Crippen LogP contribution in [0.3, 0.4) is 0 Å². The molecule has 0 aliphatic heterocycles. The van der Waals surface area contributed by atoms with E-state index >= 15 is 0 Å². The highest BCUT2D eigenvalue weighted by Crippen LogP contribution is 2.28. The molecule has 0 atom stereocenters. The molecule has 0 amide bonds. The van der Waals surface area contributed by atoms with Gasteiger partial charge in [-0.2, -0.15) is 0 Å². The Morgan fingerprint density at radius 3 is 2.43 bits per heavy atom. The van der Waals surface area contributed by atoms with Gasteiger partial charge in [-0.25, -0.2) is 4.99 Å². The summed E-state index contributed by atoms with van der Waals surface area (Å²) < 4.78 is 10.4. The van der Waals surface area contributed by atoms with Gasteiger partial charge in [0.25, 0.3) is 0 Å². The van der Waals surface area contributed by atoms with Crippen molar-refractivity contribution in [1.82, 2.24) is 0 Å². The van der Waals surface area contributed by atoms with Crippen LogP contribution < -0.4 is 20.5 Å². The minimum absolute atomic E-state index is 0. The van der Waals surface area contributed by atoms with E-state index in [-0.39, 0.29) is 35.7 Å². The topological polar surface area (TPSA) is 89.1 Å². The molecule has 0 radical (unpaired) electrons. The van der Waals surface area contributed by atoms with Crippen LogP contribution in [0.25, 0.3) is 0 Å². The van der Waals surface area contributed by atoms with E-state index in [1.54, 1.807) is 56.7 Å². The van der Waals surface area contributed by atoms with Gasteiger partial charge in [0.1, 0.15) is 17.2 Å². The summed E-state index contributed by atoms with van der Waals surface area (Å²) in [6.45, 7) is 0.408. The average molecular weight is 429 g/mol. The third-order valence-electron chi connectivity index (χ3n) is 3.04. The van der Waals surface area contributed by atoms with Gasteiger partial charge in [-0.05, 0) is 29.8 Å². The Labute approximate surface area is 152 Å². The van der Waals surface area contributed by atoms with Gasteiger partial charge in [0.05, 0.1) is 26.5 Å². The zero-order chi connectivity index (χ0) is 15.9. The second-order valence-electron chi connectivity index (χ2n) is 4.56. The Morgan fingerprint density at radius 1 is 1.13 bits per heavy atom. The Morgan fingerprint density at radius 2 is 1.83 bits per heavy atom. The number of guanidine groups is 1. The lowest BCUT2D eigenvalue weighted by Gasteiger charge is -2.12. The number of halogens is 1. The molecule has 0 fully saturated rings. The van der Waals surface area contributed by atoms with E-state index in [2.05, 4.69) is 10.3 Å². The number of hydrogen-bond acceptors (Lipinski definition) is 4. The predicted molar refractivity (Wildman–Crippen MR) is 102 cm³/mol. The fraction of sp³-hybridized carbons (Fsp3) is 0.188. The SMILES string of the molecule is COc1ccc(OC)c(NC(N)=NCc2ccc(O)cc2)c1.I. The normalized spacial score (nSPS) is 10.6. The van der Waals surface area contributed by atoms with Gasteiger partial charge in [-0.15, -0.1) is 24.0 Å². The number of rotatable bonds is 5. The molecule has 0 unspecified atom stereocenters. The number of hydrogen-bond donors (Lipinski definition) is 3. The van der Waals surface area contributed by atoms with Crippen LogP contribution in [0.1, 0.15) is 5.56 Å². The monoisotopic (exact) mass is 429 g/mol. The van der Waals surface area contributed by atoms with E-state index < -0.39 is 0 Å².